The van der Waals surface area contributed by atoms with Crippen molar-refractivity contribution in [2.45, 2.75) is 63.5 Å². The lowest BCUT2D eigenvalue weighted by molar-refractivity contribution is -0.154. The molecule has 0 radical (unpaired) electrons. The molecule has 3 nitrogen and oxygen atoms in total. The fraction of sp³-hybridized carbons (Fsp3) is 0.632. The number of carbonyl (C=O) groups excluding carboxylic acids is 1. The lowest BCUT2D eigenvalue weighted by Crippen LogP contribution is -2.58. The predicted molar refractivity (Wildman–Crippen MR) is 87.3 cm³/mol. The van der Waals surface area contributed by atoms with Crippen molar-refractivity contribution in [3.8, 4) is 0 Å². The first-order valence-corrected chi connectivity index (χ1v) is 8.74. The molecular weight excluding hydrogens is 274 g/mol. The molecule has 3 rings (SSSR count). The molecular formula is C19H27NO2. The van der Waals surface area contributed by atoms with Gasteiger partial charge in [0, 0.05) is 24.9 Å². The minimum atomic E-state index is -0.769. The van der Waals surface area contributed by atoms with Crippen molar-refractivity contribution in [3.63, 3.8) is 0 Å². The topological polar surface area (TPSA) is 40.5 Å². The third kappa shape index (κ3) is 2.67. The Bertz CT molecular complexity index is 515. The molecule has 22 heavy (non-hydrogen) atoms. The van der Waals surface area contributed by atoms with Gasteiger partial charge in [-0.3, -0.25) is 4.79 Å². The predicted octanol–water partition coefficient (Wildman–Crippen LogP) is 3.47. The summed E-state index contributed by atoms with van der Waals surface area (Å²) in [5.41, 5.74) is 0.254. The molecule has 1 aromatic carbocycles. The Kier molecular flexibility index (Phi) is 4.53. The second kappa shape index (κ2) is 6.41. The normalized spacial score (nSPS) is 31.6. The number of likely N-dealkylation sites (tertiary alicyclic amines) is 1. The number of fused-ring (bicyclic) bond motifs is 1. The van der Waals surface area contributed by atoms with E-state index in [9.17, 15) is 9.90 Å². The molecule has 3 atom stereocenters. The molecule has 1 N–H and O–H groups in total. The van der Waals surface area contributed by atoms with E-state index < -0.39 is 5.60 Å². The lowest BCUT2D eigenvalue weighted by atomic mass is 9.66. The summed E-state index contributed by atoms with van der Waals surface area (Å²) in [7, 11) is 0. The summed E-state index contributed by atoms with van der Waals surface area (Å²) in [5, 5.41) is 11.4. The Morgan fingerprint density at radius 1 is 1.27 bits per heavy atom. The molecule has 1 amide bonds. The van der Waals surface area contributed by atoms with Crippen LogP contribution in [0.4, 0.5) is 0 Å². The van der Waals surface area contributed by atoms with Gasteiger partial charge in [-0.25, -0.2) is 0 Å². The summed E-state index contributed by atoms with van der Waals surface area (Å²) in [6, 6.07) is 10.3. The van der Waals surface area contributed by atoms with Gasteiger partial charge in [-0.2, -0.15) is 0 Å². The highest BCUT2D eigenvalue weighted by atomic mass is 16.3. The third-order valence-electron chi connectivity index (χ3n) is 5.53. The Morgan fingerprint density at radius 3 is 2.73 bits per heavy atom. The van der Waals surface area contributed by atoms with E-state index in [0.29, 0.717) is 19.4 Å². The molecule has 2 aliphatic rings. The molecule has 3 heteroatoms. The van der Waals surface area contributed by atoms with Crippen LogP contribution in [0.15, 0.2) is 30.3 Å². The van der Waals surface area contributed by atoms with Crippen molar-refractivity contribution in [1.82, 2.24) is 4.90 Å². The minimum absolute atomic E-state index is 0.179. The third-order valence-corrected chi connectivity index (χ3v) is 5.53. The number of hydrogen-bond acceptors (Lipinski definition) is 2. The minimum Gasteiger partial charge on any atom is -0.385 e. The number of benzene rings is 1. The molecule has 0 spiro atoms. The summed E-state index contributed by atoms with van der Waals surface area (Å²) < 4.78 is 0. The zero-order chi connectivity index (χ0) is 15.6. The number of hydrogen-bond donors (Lipinski definition) is 1. The number of carbonyl (C=O) groups is 1. The van der Waals surface area contributed by atoms with Crippen LogP contribution in [0.1, 0.15) is 57.4 Å². The Morgan fingerprint density at radius 2 is 2.00 bits per heavy atom. The average molecular weight is 301 g/mol. The summed E-state index contributed by atoms with van der Waals surface area (Å²) in [5.74, 6) is 0.452. The molecule has 1 aliphatic heterocycles. The molecule has 1 saturated carbocycles. The maximum Gasteiger partial charge on any atom is 0.222 e. The van der Waals surface area contributed by atoms with Gasteiger partial charge in [0.1, 0.15) is 0 Å². The van der Waals surface area contributed by atoms with Crippen LogP contribution in [0.3, 0.4) is 0 Å². The quantitative estimate of drug-likeness (QED) is 0.928. The number of piperidine rings is 1. The molecule has 1 aliphatic carbocycles. The Hall–Kier alpha value is -1.35. The van der Waals surface area contributed by atoms with Crippen molar-refractivity contribution in [1.29, 1.82) is 0 Å². The number of rotatable bonds is 3. The van der Waals surface area contributed by atoms with Crippen LogP contribution in [-0.4, -0.2) is 28.5 Å². The van der Waals surface area contributed by atoms with Gasteiger partial charge >= 0.3 is 0 Å². The van der Waals surface area contributed by atoms with E-state index >= 15 is 0 Å². The lowest BCUT2D eigenvalue weighted by Gasteiger charge is -2.52. The van der Waals surface area contributed by atoms with Gasteiger partial charge in [0.05, 0.1) is 5.60 Å². The van der Waals surface area contributed by atoms with Crippen LogP contribution in [-0.2, 0) is 10.4 Å². The van der Waals surface area contributed by atoms with E-state index in [4.69, 9.17) is 0 Å². The number of aliphatic hydroxyl groups is 1. The molecule has 1 saturated heterocycles. The highest BCUT2D eigenvalue weighted by molar-refractivity contribution is 5.76. The molecule has 2 fully saturated rings. The van der Waals surface area contributed by atoms with E-state index in [1.165, 1.54) is 6.42 Å². The van der Waals surface area contributed by atoms with Gasteiger partial charge in [0.2, 0.25) is 5.91 Å². The number of nitrogens with zero attached hydrogens (tertiary/aromatic N) is 1. The molecule has 120 valence electrons. The summed E-state index contributed by atoms with van der Waals surface area (Å²) >= 11 is 0. The maximum atomic E-state index is 12.4. The highest BCUT2D eigenvalue weighted by Gasteiger charge is 2.49. The highest BCUT2D eigenvalue weighted by Crippen LogP contribution is 2.47. The van der Waals surface area contributed by atoms with Crippen LogP contribution < -0.4 is 0 Å². The van der Waals surface area contributed by atoms with Gasteiger partial charge < -0.3 is 10.0 Å². The van der Waals surface area contributed by atoms with Crippen molar-refractivity contribution in [3.05, 3.63) is 35.9 Å². The van der Waals surface area contributed by atoms with Crippen LogP contribution in [0.25, 0.3) is 0 Å². The zero-order valence-electron chi connectivity index (χ0n) is 13.5. The largest absolute Gasteiger partial charge is 0.385 e. The summed E-state index contributed by atoms with van der Waals surface area (Å²) in [6.45, 7) is 2.74. The molecule has 1 heterocycles. The van der Waals surface area contributed by atoms with Gasteiger partial charge in [-0.05, 0) is 31.2 Å². The Labute approximate surface area is 133 Å². The first-order valence-electron chi connectivity index (χ1n) is 8.74. The van der Waals surface area contributed by atoms with Gasteiger partial charge in [0.15, 0.2) is 0 Å². The van der Waals surface area contributed by atoms with E-state index in [1.807, 2.05) is 30.3 Å². The second-order valence-electron chi connectivity index (χ2n) is 6.84. The monoisotopic (exact) mass is 301 g/mol. The zero-order valence-corrected chi connectivity index (χ0v) is 13.5. The van der Waals surface area contributed by atoms with Gasteiger partial charge in [0.25, 0.3) is 0 Å². The summed E-state index contributed by atoms with van der Waals surface area (Å²) in [4.78, 5) is 14.5. The Balaban J connectivity index is 1.89. The smallest absolute Gasteiger partial charge is 0.222 e. The molecule has 1 unspecified atom stereocenters. The van der Waals surface area contributed by atoms with E-state index in [1.54, 1.807) is 0 Å². The standard InChI is InChI=1S/C19H27NO2/c1-2-8-18(21)20-14-13-19(22,15-9-4-3-5-10-15)16-11-6-7-12-17(16)20/h3-5,9-10,16-17,22H,2,6-8,11-14H2,1H3/t16-,17+,19?/m0/s1. The fourth-order valence-electron chi connectivity index (χ4n) is 4.44. The van der Waals surface area contributed by atoms with Crippen molar-refractivity contribution in [2.24, 2.45) is 5.92 Å². The maximum absolute atomic E-state index is 12.4. The van der Waals surface area contributed by atoms with Crippen LogP contribution in [0, 0.1) is 5.92 Å². The van der Waals surface area contributed by atoms with Crippen molar-refractivity contribution >= 4 is 5.91 Å². The SMILES string of the molecule is CCCC(=O)N1CCC(O)(c2ccccc2)[C@H]2CCCC[C@H]21. The fourth-order valence-corrected chi connectivity index (χ4v) is 4.44. The number of amides is 1. The van der Waals surface area contributed by atoms with Gasteiger partial charge in [-0.1, -0.05) is 50.1 Å². The van der Waals surface area contributed by atoms with Crippen molar-refractivity contribution in [2.75, 3.05) is 6.54 Å². The molecule has 0 aromatic heterocycles. The van der Waals surface area contributed by atoms with E-state index in [2.05, 4.69) is 11.8 Å². The summed E-state index contributed by atoms with van der Waals surface area (Å²) in [6.07, 6.45) is 6.57. The van der Waals surface area contributed by atoms with E-state index in [0.717, 1.165) is 31.2 Å². The van der Waals surface area contributed by atoms with Gasteiger partial charge in [-0.15, -0.1) is 0 Å². The van der Waals surface area contributed by atoms with Crippen LogP contribution >= 0.6 is 0 Å². The first kappa shape index (κ1) is 15.5. The van der Waals surface area contributed by atoms with Crippen LogP contribution in [0.5, 0.6) is 0 Å². The molecule has 1 aromatic rings. The van der Waals surface area contributed by atoms with Crippen LogP contribution in [0.2, 0.25) is 0 Å². The first-order chi connectivity index (χ1) is 10.7. The average Bonchev–Trinajstić information content (AvgIpc) is 2.56. The molecule has 0 bridgehead atoms. The van der Waals surface area contributed by atoms with E-state index in [-0.39, 0.29) is 17.9 Å². The second-order valence-corrected chi connectivity index (χ2v) is 6.84. The van der Waals surface area contributed by atoms with Crippen molar-refractivity contribution < 1.29 is 9.90 Å².